The quantitative estimate of drug-likeness (QED) is 0.443. The number of nitrogens with zero attached hydrogens (tertiary/aromatic N) is 1. The maximum absolute atomic E-state index is 13.4. The molecule has 0 unspecified atom stereocenters. The first-order valence-corrected chi connectivity index (χ1v) is 12.0. The molecule has 3 aromatic rings. The fourth-order valence-corrected chi connectivity index (χ4v) is 5.77. The van der Waals surface area contributed by atoms with E-state index in [1.807, 2.05) is 31.2 Å². The lowest BCUT2D eigenvalue weighted by Crippen LogP contribution is -2.38. The summed E-state index contributed by atoms with van der Waals surface area (Å²) in [4.78, 5) is 24.6. The number of benzene rings is 2. The summed E-state index contributed by atoms with van der Waals surface area (Å²) in [5, 5.41) is 4.57. The third-order valence-electron chi connectivity index (χ3n) is 5.03. The van der Waals surface area contributed by atoms with Crippen molar-refractivity contribution in [1.82, 2.24) is 0 Å². The summed E-state index contributed by atoms with van der Waals surface area (Å²) >= 11 is 1.21. The SMILES string of the molecule is COC(=O)c1ccc(N/C=C2/C(=O)c3sccc3N(Cc3ccc(C)cc3)S2(=O)=O)cc1. The van der Waals surface area contributed by atoms with Crippen molar-refractivity contribution in [2.75, 3.05) is 16.7 Å². The van der Waals surface area contributed by atoms with Crippen LogP contribution in [0.25, 0.3) is 0 Å². The van der Waals surface area contributed by atoms with Crippen molar-refractivity contribution in [2.45, 2.75) is 13.5 Å². The van der Waals surface area contributed by atoms with Gasteiger partial charge in [0.2, 0.25) is 5.78 Å². The second kappa shape index (κ2) is 8.60. The molecule has 1 aliphatic rings. The van der Waals surface area contributed by atoms with E-state index >= 15 is 0 Å². The predicted molar refractivity (Wildman–Crippen MR) is 124 cm³/mol. The second-order valence-electron chi connectivity index (χ2n) is 7.18. The summed E-state index contributed by atoms with van der Waals surface area (Å²) in [6.07, 6.45) is 1.20. The molecule has 4 rings (SSSR count). The van der Waals surface area contributed by atoms with Gasteiger partial charge >= 0.3 is 5.97 Å². The average Bonchev–Trinajstić information content (AvgIpc) is 3.27. The Morgan fingerprint density at radius 2 is 1.78 bits per heavy atom. The Balaban J connectivity index is 1.67. The lowest BCUT2D eigenvalue weighted by Gasteiger charge is -2.29. The number of rotatable bonds is 5. The maximum atomic E-state index is 13.4. The van der Waals surface area contributed by atoms with Crippen molar-refractivity contribution in [1.29, 1.82) is 0 Å². The highest BCUT2D eigenvalue weighted by atomic mass is 32.2. The van der Waals surface area contributed by atoms with Gasteiger partial charge in [0.1, 0.15) is 4.88 Å². The Labute approximate surface area is 190 Å². The zero-order chi connectivity index (χ0) is 22.9. The number of ether oxygens (including phenoxy) is 1. The molecule has 0 saturated carbocycles. The summed E-state index contributed by atoms with van der Waals surface area (Å²) in [5.74, 6) is -1.02. The number of thiophene rings is 1. The van der Waals surface area contributed by atoms with Crippen molar-refractivity contribution in [3.63, 3.8) is 0 Å². The van der Waals surface area contributed by atoms with E-state index in [9.17, 15) is 18.0 Å². The molecule has 0 amide bonds. The van der Waals surface area contributed by atoms with E-state index in [1.165, 1.54) is 29.0 Å². The van der Waals surface area contributed by atoms with Gasteiger partial charge in [0.05, 0.1) is 24.9 Å². The molecule has 0 bridgehead atoms. The predicted octanol–water partition coefficient (Wildman–Crippen LogP) is 4.33. The molecule has 0 atom stereocenters. The number of esters is 1. The van der Waals surface area contributed by atoms with Gasteiger partial charge in [-0.3, -0.25) is 9.10 Å². The van der Waals surface area contributed by atoms with E-state index in [1.54, 1.807) is 35.7 Å². The first-order valence-electron chi connectivity index (χ1n) is 9.67. The molecular weight excluding hydrogens is 448 g/mol. The van der Waals surface area contributed by atoms with Crippen LogP contribution in [0.5, 0.6) is 0 Å². The molecule has 2 aromatic carbocycles. The van der Waals surface area contributed by atoms with Crippen LogP contribution < -0.4 is 9.62 Å². The number of Topliss-reactive ketones (excluding diaryl/α,β-unsaturated/α-hetero) is 1. The molecule has 0 spiro atoms. The van der Waals surface area contributed by atoms with Gasteiger partial charge < -0.3 is 10.1 Å². The van der Waals surface area contributed by atoms with Crippen LogP contribution in [0.15, 0.2) is 71.1 Å². The number of carbonyl (C=O) groups excluding carboxylic acids is 2. The highest BCUT2D eigenvalue weighted by molar-refractivity contribution is 7.97. The number of aryl methyl sites for hydroxylation is 1. The summed E-state index contributed by atoms with van der Waals surface area (Å²) < 4.78 is 32.7. The molecule has 1 N–H and O–H groups in total. The van der Waals surface area contributed by atoms with Crippen LogP contribution in [0.1, 0.15) is 31.2 Å². The van der Waals surface area contributed by atoms with Crippen LogP contribution in [0.3, 0.4) is 0 Å². The minimum absolute atomic E-state index is 0.116. The molecule has 1 aromatic heterocycles. The second-order valence-corrected chi connectivity index (χ2v) is 9.93. The number of nitrogens with one attached hydrogen (secondary N) is 1. The fourth-order valence-electron chi connectivity index (χ4n) is 3.28. The van der Waals surface area contributed by atoms with E-state index in [0.717, 1.165) is 11.1 Å². The number of fused-ring (bicyclic) bond motifs is 1. The molecule has 2 heterocycles. The molecule has 9 heteroatoms. The number of ketones is 1. The van der Waals surface area contributed by atoms with E-state index in [2.05, 4.69) is 10.1 Å². The van der Waals surface area contributed by atoms with Crippen molar-refractivity contribution in [3.8, 4) is 0 Å². The molecule has 32 heavy (non-hydrogen) atoms. The van der Waals surface area contributed by atoms with Crippen molar-refractivity contribution in [3.05, 3.63) is 92.6 Å². The van der Waals surface area contributed by atoms with Crippen LogP contribution in [0, 0.1) is 6.92 Å². The van der Waals surface area contributed by atoms with Crippen LogP contribution >= 0.6 is 11.3 Å². The minimum atomic E-state index is -4.09. The van der Waals surface area contributed by atoms with Crippen molar-refractivity contribution >= 4 is 44.5 Å². The van der Waals surface area contributed by atoms with Gasteiger partial charge in [0.25, 0.3) is 10.0 Å². The normalized spacial score (nSPS) is 16.0. The first-order chi connectivity index (χ1) is 15.3. The topological polar surface area (TPSA) is 92.8 Å². The minimum Gasteiger partial charge on any atom is -0.465 e. The molecule has 1 aliphatic heterocycles. The highest BCUT2D eigenvalue weighted by Crippen LogP contribution is 2.39. The van der Waals surface area contributed by atoms with Gasteiger partial charge in [-0.2, -0.15) is 0 Å². The fraction of sp³-hybridized carbons (Fsp3) is 0.130. The molecule has 0 radical (unpaired) electrons. The summed E-state index contributed by atoms with van der Waals surface area (Å²) in [6, 6.07) is 15.5. The molecule has 0 saturated heterocycles. The standard InChI is InChI=1S/C23H20N2O5S2/c1-15-3-5-16(6-4-15)14-25-19-11-12-31-22(19)21(26)20(32(25,28)29)13-24-18-9-7-17(8-10-18)23(27)30-2/h3-13,24H,14H2,1-2H3/b20-13-. The zero-order valence-electron chi connectivity index (χ0n) is 17.4. The summed E-state index contributed by atoms with van der Waals surface area (Å²) in [6.45, 7) is 2.08. The van der Waals surface area contributed by atoms with Gasteiger partial charge in [-0.05, 0) is 48.2 Å². The van der Waals surface area contributed by atoms with Crippen LogP contribution in [-0.2, 0) is 21.3 Å². The van der Waals surface area contributed by atoms with E-state index < -0.39 is 21.8 Å². The molecular formula is C23H20N2O5S2. The van der Waals surface area contributed by atoms with E-state index in [0.29, 0.717) is 21.8 Å². The van der Waals surface area contributed by atoms with Crippen LogP contribution in [0.4, 0.5) is 11.4 Å². The number of methoxy groups -OCH3 is 1. The molecule has 7 nitrogen and oxygen atoms in total. The largest absolute Gasteiger partial charge is 0.465 e. The number of sulfonamides is 1. The Bertz CT molecular complexity index is 1310. The van der Waals surface area contributed by atoms with Crippen LogP contribution in [-0.4, -0.2) is 27.3 Å². The third-order valence-corrected chi connectivity index (χ3v) is 7.70. The van der Waals surface area contributed by atoms with Gasteiger partial charge in [0, 0.05) is 11.9 Å². The number of carbonyl (C=O) groups is 2. The lowest BCUT2D eigenvalue weighted by molar-refractivity contribution is 0.0600. The average molecular weight is 469 g/mol. The lowest BCUT2D eigenvalue weighted by atomic mass is 10.1. The van der Waals surface area contributed by atoms with Gasteiger partial charge in [-0.15, -0.1) is 11.3 Å². The molecule has 164 valence electrons. The van der Waals surface area contributed by atoms with Crippen LogP contribution in [0.2, 0.25) is 0 Å². The van der Waals surface area contributed by atoms with E-state index in [4.69, 9.17) is 0 Å². The summed E-state index contributed by atoms with van der Waals surface area (Å²) in [7, 11) is -2.79. The highest BCUT2D eigenvalue weighted by Gasteiger charge is 2.41. The number of allylic oxidation sites excluding steroid dienone is 1. The third kappa shape index (κ3) is 4.04. The summed E-state index contributed by atoms with van der Waals surface area (Å²) in [5.41, 5.74) is 3.16. The van der Waals surface area contributed by atoms with Gasteiger partial charge in [0.15, 0.2) is 4.91 Å². The monoisotopic (exact) mass is 468 g/mol. The molecule has 0 fully saturated rings. The van der Waals surface area contributed by atoms with Crippen molar-refractivity contribution in [2.24, 2.45) is 0 Å². The smallest absolute Gasteiger partial charge is 0.337 e. The first kappa shape index (κ1) is 21.8. The number of anilines is 2. The number of hydrogen-bond acceptors (Lipinski definition) is 7. The Morgan fingerprint density at radius 3 is 2.44 bits per heavy atom. The molecule has 0 aliphatic carbocycles. The Kier molecular flexibility index (Phi) is 5.86. The van der Waals surface area contributed by atoms with E-state index in [-0.39, 0.29) is 11.4 Å². The maximum Gasteiger partial charge on any atom is 0.337 e. The Morgan fingerprint density at radius 1 is 1.09 bits per heavy atom. The van der Waals surface area contributed by atoms with Crippen molar-refractivity contribution < 1.29 is 22.7 Å². The van der Waals surface area contributed by atoms with Gasteiger partial charge in [-0.1, -0.05) is 29.8 Å². The Hall–Kier alpha value is -3.43. The van der Waals surface area contributed by atoms with Gasteiger partial charge in [-0.25, -0.2) is 13.2 Å². The number of hydrogen-bond donors (Lipinski definition) is 1. The zero-order valence-corrected chi connectivity index (χ0v) is 19.0.